The predicted octanol–water partition coefficient (Wildman–Crippen LogP) is 2.31. The summed E-state index contributed by atoms with van der Waals surface area (Å²) in [4.78, 5) is 22.5. The van der Waals surface area contributed by atoms with Gasteiger partial charge in [-0.1, -0.05) is 25.1 Å². The summed E-state index contributed by atoms with van der Waals surface area (Å²) >= 11 is 0. The van der Waals surface area contributed by atoms with Gasteiger partial charge < -0.3 is 14.7 Å². The molecular formula is C22H36N4O. The molecule has 0 aromatic heterocycles. The minimum atomic E-state index is -0.0199. The summed E-state index contributed by atoms with van der Waals surface area (Å²) in [5.41, 5.74) is 2.78. The molecule has 5 heteroatoms. The van der Waals surface area contributed by atoms with Gasteiger partial charge in [0.25, 0.3) is 0 Å². The summed E-state index contributed by atoms with van der Waals surface area (Å²) in [6, 6.07) is 9.19. The molecule has 27 heavy (non-hydrogen) atoms. The van der Waals surface area contributed by atoms with Gasteiger partial charge in [-0.3, -0.25) is 9.69 Å². The molecule has 5 nitrogen and oxygen atoms in total. The number of amides is 1. The van der Waals surface area contributed by atoms with E-state index < -0.39 is 0 Å². The van der Waals surface area contributed by atoms with Crippen LogP contribution in [0.3, 0.4) is 0 Å². The molecule has 2 aliphatic rings. The molecule has 1 amide bonds. The fourth-order valence-corrected chi connectivity index (χ4v) is 4.43. The zero-order chi connectivity index (χ0) is 19.4. The van der Waals surface area contributed by atoms with Gasteiger partial charge in [-0.15, -0.1) is 0 Å². The highest BCUT2D eigenvalue weighted by atomic mass is 16.2. The maximum atomic E-state index is 13.2. The van der Waals surface area contributed by atoms with Crippen molar-refractivity contribution in [3.8, 4) is 0 Å². The van der Waals surface area contributed by atoms with Gasteiger partial charge in [0.1, 0.15) is 0 Å². The third-order valence-corrected chi connectivity index (χ3v) is 6.21. The second kappa shape index (κ2) is 9.07. The summed E-state index contributed by atoms with van der Waals surface area (Å²) in [6.07, 6.45) is 2.11. The van der Waals surface area contributed by atoms with Crippen molar-refractivity contribution < 1.29 is 4.79 Å². The number of carbonyl (C=O) groups is 1. The number of fused-ring (bicyclic) bond motifs is 1. The van der Waals surface area contributed by atoms with E-state index in [-0.39, 0.29) is 6.04 Å². The number of piperazine rings is 1. The Bertz CT molecular complexity index is 626. The number of hydrogen-bond acceptors (Lipinski definition) is 4. The van der Waals surface area contributed by atoms with Crippen molar-refractivity contribution in [3.63, 3.8) is 0 Å². The lowest BCUT2D eigenvalue weighted by Crippen LogP contribution is -2.54. The Labute approximate surface area is 164 Å². The molecule has 0 bridgehead atoms. The van der Waals surface area contributed by atoms with Crippen LogP contribution in [-0.4, -0.2) is 85.6 Å². The Kier molecular flexibility index (Phi) is 6.77. The van der Waals surface area contributed by atoms with E-state index in [1.807, 2.05) is 0 Å². The number of hydrogen-bond donors (Lipinski definition) is 0. The second-order valence-corrected chi connectivity index (χ2v) is 8.22. The van der Waals surface area contributed by atoms with E-state index in [1.54, 1.807) is 0 Å². The number of nitrogens with zero attached hydrogens (tertiary/aromatic N) is 4. The van der Waals surface area contributed by atoms with Crippen LogP contribution >= 0.6 is 0 Å². The van der Waals surface area contributed by atoms with Gasteiger partial charge >= 0.3 is 0 Å². The highest BCUT2D eigenvalue weighted by Gasteiger charge is 2.30. The lowest BCUT2D eigenvalue weighted by atomic mass is 10.1. The minimum absolute atomic E-state index is 0.0199. The van der Waals surface area contributed by atoms with Crippen LogP contribution in [0.25, 0.3) is 0 Å². The zero-order valence-corrected chi connectivity index (χ0v) is 17.5. The molecule has 1 aromatic rings. The van der Waals surface area contributed by atoms with Crippen molar-refractivity contribution in [1.29, 1.82) is 0 Å². The molecule has 0 N–H and O–H groups in total. The summed E-state index contributed by atoms with van der Waals surface area (Å²) in [5.74, 6) is 0.293. The number of carbonyl (C=O) groups excluding carboxylic acids is 1. The van der Waals surface area contributed by atoms with Gasteiger partial charge in [-0.2, -0.15) is 0 Å². The van der Waals surface area contributed by atoms with Crippen LogP contribution in [0.5, 0.6) is 0 Å². The first kappa shape index (κ1) is 20.2. The van der Waals surface area contributed by atoms with Crippen LogP contribution in [0.1, 0.15) is 32.8 Å². The van der Waals surface area contributed by atoms with E-state index in [4.69, 9.17) is 0 Å². The molecule has 0 saturated carbocycles. The van der Waals surface area contributed by atoms with Gasteiger partial charge in [-0.25, -0.2) is 0 Å². The average molecular weight is 373 g/mol. The first-order valence-electron chi connectivity index (χ1n) is 10.6. The van der Waals surface area contributed by atoms with Gasteiger partial charge in [0.05, 0.1) is 6.04 Å². The standard InChI is InChI=1S/C22H36N4O/c1-5-10-25(22(27)19(3)24-13-11-23(4)12-14-24)15-16-26-18(2)17-20-8-6-7-9-21(20)26/h6-9,18-19H,5,10-17H2,1-4H3/t18-,19?/m0/s1. The first-order chi connectivity index (χ1) is 13.0. The smallest absolute Gasteiger partial charge is 0.239 e. The molecule has 1 unspecified atom stereocenters. The molecule has 2 heterocycles. The number of rotatable bonds is 7. The Morgan fingerprint density at radius 2 is 1.89 bits per heavy atom. The van der Waals surface area contributed by atoms with Crippen LogP contribution in [0.15, 0.2) is 24.3 Å². The number of likely N-dealkylation sites (N-methyl/N-ethyl adjacent to an activating group) is 1. The second-order valence-electron chi connectivity index (χ2n) is 8.22. The molecule has 0 radical (unpaired) electrons. The monoisotopic (exact) mass is 372 g/mol. The molecule has 2 atom stereocenters. The third kappa shape index (κ3) is 4.64. The minimum Gasteiger partial charge on any atom is -0.366 e. The van der Waals surface area contributed by atoms with E-state index in [2.05, 4.69) is 71.7 Å². The van der Waals surface area contributed by atoms with Crippen LogP contribution in [0.2, 0.25) is 0 Å². The highest BCUT2D eigenvalue weighted by molar-refractivity contribution is 5.81. The summed E-state index contributed by atoms with van der Waals surface area (Å²) in [7, 11) is 2.16. The maximum Gasteiger partial charge on any atom is 0.239 e. The van der Waals surface area contributed by atoms with Crippen LogP contribution in [0, 0.1) is 0 Å². The van der Waals surface area contributed by atoms with E-state index in [1.165, 1.54) is 11.3 Å². The molecule has 0 aliphatic carbocycles. The highest BCUT2D eigenvalue weighted by Crippen LogP contribution is 2.31. The number of benzene rings is 1. The first-order valence-corrected chi connectivity index (χ1v) is 10.6. The van der Waals surface area contributed by atoms with E-state index in [0.717, 1.165) is 58.7 Å². The van der Waals surface area contributed by atoms with Crippen LogP contribution < -0.4 is 4.90 Å². The summed E-state index contributed by atoms with van der Waals surface area (Å²) < 4.78 is 0. The fourth-order valence-electron chi connectivity index (χ4n) is 4.43. The Morgan fingerprint density at radius 1 is 1.19 bits per heavy atom. The van der Waals surface area contributed by atoms with Crippen molar-refractivity contribution in [2.75, 3.05) is 57.8 Å². The number of para-hydroxylation sites is 1. The van der Waals surface area contributed by atoms with Crippen molar-refractivity contribution >= 4 is 11.6 Å². The molecule has 0 spiro atoms. The molecule has 3 rings (SSSR count). The van der Waals surface area contributed by atoms with Crippen LogP contribution in [-0.2, 0) is 11.2 Å². The van der Waals surface area contributed by atoms with Gasteiger partial charge in [0.15, 0.2) is 0 Å². The van der Waals surface area contributed by atoms with Gasteiger partial charge in [-0.05, 0) is 45.4 Å². The lowest BCUT2D eigenvalue weighted by Gasteiger charge is -2.38. The molecular weight excluding hydrogens is 336 g/mol. The Morgan fingerprint density at radius 3 is 2.59 bits per heavy atom. The fraction of sp³-hybridized carbons (Fsp3) is 0.682. The Hall–Kier alpha value is -1.59. The molecule has 150 valence electrons. The van der Waals surface area contributed by atoms with E-state index in [9.17, 15) is 4.79 Å². The Balaban J connectivity index is 1.61. The topological polar surface area (TPSA) is 30.0 Å². The third-order valence-electron chi connectivity index (χ3n) is 6.21. The van der Waals surface area contributed by atoms with Gasteiger partial charge in [0.2, 0.25) is 5.91 Å². The average Bonchev–Trinajstić information content (AvgIpc) is 2.99. The quantitative estimate of drug-likeness (QED) is 0.735. The van der Waals surface area contributed by atoms with E-state index >= 15 is 0 Å². The van der Waals surface area contributed by atoms with Gasteiger partial charge in [0, 0.05) is 57.5 Å². The van der Waals surface area contributed by atoms with Crippen molar-refractivity contribution in [2.24, 2.45) is 0 Å². The summed E-state index contributed by atoms with van der Waals surface area (Å²) in [5, 5.41) is 0. The number of anilines is 1. The van der Waals surface area contributed by atoms with Crippen LogP contribution in [0.4, 0.5) is 5.69 Å². The lowest BCUT2D eigenvalue weighted by molar-refractivity contribution is -0.137. The van der Waals surface area contributed by atoms with E-state index in [0.29, 0.717) is 11.9 Å². The zero-order valence-electron chi connectivity index (χ0n) is 17.5. The predicted molar refractivity (Wildman–Crippen MR) is 112 cm³/mol. The molecule has 1 fully saturated rings. The normalized spacial score (nSPS) is 21.9. The largest absolute Gasteiger partial charge is 0.366 e. The van der Waals surface area contributed by atoms with Crippen molar-refractivity contribution in [2.45, 2.75) is 45.7 Å². The van der Waals surface area contributed by atoms with Crippen molar-refractivity contribution in [1.82, 2.24) is 14.7 Å². The molecule has 1 aromatic carbocycles. The maximum absolute atomic E-state index is 13.2. The molecule has 1 saturated heterocycles. The molecule has 2 aliphatic heterocycles. The van der Waals surface area contributed by atoms with Crippen molar-refractivity contribution in [3.05, 3.63) is 29.8 Å². The SMILES string of the molecule is CCCN(CCN1c2ccccc2C[C@@H]1C)C(=O)C(C)N1CCN(C)CC1. The summed E-state index contributed by atoms with van der Waals surface area (Å²) in [6.45, 7) is 13.2.